The monoisotopic (exact) mass is 573 g/mol. The maximum atomic E-state index is 6.54. The van der Waals surface area contributed by atoms with Crippen LogP contribution >= 0.6 is 0 Å². The normalized spacial score (nSPS) is 19.6. The molecule has 1 saturated heterocycles. The van der Waals surface area contributed by atoms with E-state index in [0.29, 0.717) is 0 Å². The van der Waals surface area contributed by atoms with Crippen LogP contribution in [0.25, 0.3) is 33.3 Å². The van der Waals surface area contributed by atoms with Crippen LogP contribution in [0.15, 0.2) is 122 Å². The van der Waals surface area contributed by atoms with Gasteiger partial charge in [0.2, 0.25) is 0 Å². The Morgan fingerprint density at radius 1 is 0.636 bits per heavy atom. The number of pyridine rings is 1. The lowest BCUT2D eigenvalue weighted by Gasteiger charge is -2.32. The molecule has 0 saturated carbocycles. The average molecular weight is 574 g/mol. The first-order valence-corrected chi connectivity index (χ1v) is 15.1. The molecule has 0 amide bonds. The van der Waals surface area contributed by atoms with Crippen molar-refractivity contribution in [3.63, 3.8) is 0 Å². The fraction of sp³-hybridized carbons (Fsp3) is 0.184. The van der Waals surface area contributed by atoms with Gasteiger partial charge in [-0.25, -0.2) is 9.97 Å². The van der Waals surface area contributed by atoms with Crippen LogP contribution < -0.4 is 5.46 Å². The Bertz CT molecular complexity index is 2030. The summed E-state index contributed by atoms with van der Waals surface area (Å²) in [6.07, 6.45) is 3.67. The summed E-state index contributed by atoms with van der Waals surface area (Å²) in [6, 6.07) is 38.2. The fourth-order valence-electron chi connectivity index (χ4n) is 6.75. The molecule has 0 N–H and O–H groups in total. The highest BCUT2D eigenvalue weighted by Crippen LogP contribution is 2.55. The van der Waals surface area contributed by atoms with Crippen molar-refractivity contribution < 1.29 is 9.31 Å². The highest BCUT2D eigenvalue weighted by atomic mass is 16.7. The molecule has 8 rings (SSSR count). The third-order valence-electron chi connectivity index (χ3n) is 9.68. The fourth-order valence-corrected chi connectivity index (χ4v) is 6.75. The molecule has 6 aromatic rings. The first kappa shape index (κ1) is 26.9. The molecule has 1 unspecified atom stereocenters. The van der Waals surface area contributed by atoms with Crippen LogP contribution in [0.1, 0.15) is 50.2 Å². The van der Waals surface area contributed by atoms with E-state index < -0.39 is 23.7 Å². The molecule has 3 heterocycles. The second kappa shape index (κ2) is 9.68. The van der Waals surface area contributed by atoms with Gasteiger partial charge in [0.05, 0.1) is 22.4 Å². The van der Waals surface area contributed by atoms with Crippen LogP contribution in [0.4, 0.5) is 0 Å². The number of aromatic nitrogens is 3. The third-order valence-corrected chi connectivity index (χ3v) is 9.68. The smallest absolute Gasteiger partial charge is 0.399 e. The highest BCUT2D eigenvalue weighted by Gasteiger charge is 2.53. The van der Waals surface area contributed by atoms with E-state index in [1.807, 2.05) is 30.5 Å². The average Bonchev–Trinajstić information content (AvgIpc) is 3.47. The van der Waals surface area contributed by atoms with Crippen LogP contribution in [0, 0.1) is 0 Å². The quantitative estimate of drug-likeness (QED) is 0.206. The number of fused-ring (bicyclic) bond motifs is 4. The molecule has 214 valence electrons. The molecule has 1 atom stereocenters. The molecule has 6 heteroatoms. The minimum Gasteiger partial charge on any atom is -0.399 e. The highest BCUT2D eigenvalue weighted by molar-refractivity contribution is 6.62. The summed E-state index contributed by atoms with van der Waals surface area (Å²) in [6.45, 7) is 8.36. The topological polar surface area (TPSA) is 57.1 Å². The van der Waals surface area contributed by atoms with E-state index >= 15 is 0 Å². The van der Waals surface area contributed by atoms with Gasteiger partial charge < -0.3 is 9.31 Å². The van der Waals surface area contributed by atoms with Crippen LogP contribution in [-0.2, 0) is 14.7 Å². The molecular weight excluding hydrogens is 541 g/mol. The van der Waals surface area contributed by atoms with Gasteiger partial charge in [-0.3, -0.25) is 4.98 Å². The predicted molar refractivity (Wildman–Crippen MR) is 176 cm³/mol. The second-order valence-electron chi connectivity index (χ2n) is 12.7. The number of hydrogen-bond acceptors (Lipinski definition) is 5. The minimum absolute atomic E-state index is 0.448. The van der Waals surface area contributed by atoms with Crippen molar-refractivity contribution in [3.05, 3.63) is 144 Å². The zero-order valence-electron chi connectivity index (χ0n) is 25.3. The molecule has 2 aliphatic rings. The van der Waals surface area contributed by atoms with Crippen LogP contribution in [-0.4, -0.2) is 33.3 Å². The Labute approximate surface area is 258 Å². The van der Waals surface area contributed by atoms with Gasteiger partial charge in [-0.2, -0.15) is 0 Å². The molecule has 2 aromatic heterocycles. The van der Waals surface area contributed by atoms with Crippen molar-refractivity contribution in [2.75, 3.05) is 0 Å². The standard InChI is InChI=1S/C38H32BN3O2/c1-36(2)37(3,4)44-39(43-36)27-19-20-29-28-17-11-12-18-31(28)38(32(29)23-27,26-15-9-6-10-16-26)35-41-33-21-22-40-24-30(33)34(42-35)25-13-7-5-8-14-25/h5-24H,1-4H3. The molecular formula is C38H32BN3O2. The predicted octanol–water partition coefficient (Wildman–Crippen LogP) is 7.35. The molecule has 1 fully saturated rings. The van der Waals surface area contributed by atoms with Gasteiger partial charge in [0.15, 0.2) is 0 Å². The van der Waals surface area contributed by atoms with Gasteiger partial charge in [-0.15, -0.1) is 0 Å². The van der Waals surface area contributed by atoms with E-state index in [0.717, 1.165) is 55.7 Å². The van der Waals surface area contributed by atoms with E-state index in [1.54, 1.807) is 6.20 Å². The van der Waals surface area contributed by atoms with Crippen molar-refractivity contribution in [2.45, 2.75) is 44.3 Å². The molecule has 0 spiro atoms. The molecule has 44 heavy (non-hydrogen) atoms. The maximum absolute atomic E-state index is 6.54. The lowest BCUT2D eigenvalue weighted by Crippen LogP contribution is -2.41. The summed E-state index contributed by atoms with van der Waals surface area (Å²) >= 11 is 0. The molecule has 1 aliphatic carbocycles. The van der Waals surface area contributed by atoms with Gasteiger partial charge in [0.25, 0.3) is 0 Å². The van der Waals surface area contributed by atoms with Crippen molar-refractivity contribution in [3.8, 4) is 22.4 Å². The molecule has 5 nitrogen and oxygen atoms in total. The SMILES string of the molecule is CC1(C)OB(c2ccc3c(c2)C(c2ccccc2)(c2nc(-c4ccccc4)c4cnccc4n2)c2ccccc2-3)OC1(C)C. The first-order valence-electron chi connectivity index (χ1n) is 15.1. The zero-order valence-corrected chi connectivity index (χ0v) is 25.3. The Balaban J connectivity index is 1.46. The van der Waals surface area contributed by atoms with Crippen molar-refractivity contribution in [1.82, 2.24) is 15.0 Å². The summed E-state index contributed by atoms with van der Waals surface area (Å²) in [4.78, 5) is 15.3. The first-order chi connectivity index (χ1) is 21.3. The van der Waals surface area contributed by atoms with E-state index in [9.17, 15) is 0 Å². The van der Waals surface area contributed by atoms with Gasteiger partial charge in [-0.05, 0) is 67.0 Å². The third kappa shape index (κ3) is 3.84. The number of nitrogens with zero attached hydrogens (tertiary/aromatic N) is 3. The second-order valence-corrected chi connectivity index (χ2v) is 12.7. The maximum Gasteiger partial charge on any atom is 0.494 e. The van der Waals surface area contributed by atoms with Crippen molar-refractivity contribution in [2.24, 2.45) is 0 Å². The Morgan fingerprint density at radius 2 is 1.30 bits per heavy atom. The Morgan fingerprint density at radius 3 is 2.05 bits per heavy atom. The van der Waals surface area contributed by atoms with E-state index in [2.05, 4.69) is 118 Å². The summed E-state index contributed by atoms with van der Waals surface area (Å²) in [5.74, 6) is 0.721. The summed E-state index contributed by atoms with van der Waals surface area (Å²) in [5, 5.41) is 0.920. The summed E-state index contributed by atoms with van der Waals surface area (Å²) in [5.41, 5.74) is 7.73. The zero-order chi connectivity index (χ0) is 30.1. The number of benzene rings is 4. The molecule has 4 aromatic carbocycles. The largest absolute Gasteiger partial charge is 0.494 e. The minimum atomic E-state index is -0.784. The number of hydrogen-bond donors (Lipinski definition) is 0. The number of rotatable bonds is 4. The Kier molecular flexibility index (Phi) is 5.93. The van der Waals surface area contributed by atoms with E-state index in [1.165, 1.54) is 5.56 Å². The lowest BCUT2D eigenvalue weighted by molar-refractivity contribution is 0.00578. The van der Waals surface area contributed by atoms with Gasteiger partial charge in [0.1, 0.15) is 11.2 Å². The van der Waals surface area contributed by atoms with E-state index in [-0.39, 0.29) is 0 Å². The van der Waals surface area contributed by atoms with Crippen molar-refractivity contribution in [1.29, 1.82) is 0 Å². The van der Waals surface area contributed by atoms with Crippen LogP contribution in [0.3, 0.4) is 0 Å². The van der Waals surface area contributed by atoms with Crippen molar-refractivity contribution >= 4 is 23.5 Å². The Hall–Kier alpha value is -4.65. The van der Waals surface area contributed by atoms with Crippen LogP contribution in [0.5, 0.6) is 0 Å². The van der Waals surface area contributed by atoms with Gasteiger partial charge in [-0.1, -0.05) is 103 Å². The van der Waals surface area contributed by atoms with Gasteiger partial charge >= 0.3 is 7.12 Å². The van der Waals surface area contributed by atoms with Crippen LogP contribution in [0.2, 0.25) is 0 Å². The lowest BCUT2D eigenvalue weighted by atomic mass is 9.69. The summed E-state index contributed by atoms with van der Waals surface area (Å²) in [7, 11) is -0.494. The van der Waals surface area contributed by atoms with Gasteiger partial charge in [0, 0.05) is 23.3 Å². The summed E-state index contributed by atoms with van der Waals surface area (Å²) < 4.78 is 13.1. The molecule has 0 radical (unpaired) electrons. The molecule has 1 aliphatic heterocycles. The van der Waals surface area contributed by atoms with E-state index in [4.69, 9.17) is 19.3 Å². The molecule has 0 bridgehead atoms.